The second-order valence-electron chi connectivity index (χ2n) is 3.07. The second-order valence-corrected chi connectivity index (χ2v) is 3.93. The van der Waals surface area contributed by atoms with Crippen LogP contribution in [0.4, 0.5) is 0 Å². The molecule has 0 saturated heterocycles. The van der Waals surface area contributed by atoms with Crippen molar-refractivity contribution in [3.8, 4) is 11.5 Å². The zero-order valence-corrected chi connectivity index (χ0v) is 10.5. The maximum atomic E-state index is 5.32. The van der Waals surface area contributed by atoms with Crippen LogP contribution in [0, 0.1) is 0 Å². The third kappa shape index (κ3) is 1.82. The van der Waals surface area contributed by atoms with Gasteiger partial charge in [-0.25, -0.2) is 0 Å². The van der Waals surface area contributed by atoms with Gasteiger partial charge in [0, 0.05) is 4.47 Å². The fourth-order valence-corrected chi connectivity index (χ4v) is 2.02. The van der Waals surface area contributed by atoms with Gasteiger partial charge in [-0.05, 0) is 12.1 Å². The summed E-state index contributed by atoms with van der Waals surface area (Å²) < 4.78 is 22.0. The van der Waals surface area contributed by atoms with E-state index in [2.05, 4.69) is 15.9 Å². The number of hydrogen-bond donors (Lipinski definition) is 0. The molecule has 1 aromatic rings. The lowest BCUT2D eigenvalue weighted by Crippen LogP contribution is -2.04. The third-order valence-electron chi connectivity index (χ3n) is 2.23. The Kier molecular flexibility index (Phi) is 3.24. The number of hydrogen-bond acceptors (Lipinski definition) is 4. The van der Waals surface area contributed by atoms with Crippen molar-refractivity contribution in [3.05, 3.63) is 34.7 Å². The Morgan fingerprint density at radius 2 is 1.81 bits per heavy atom. The smallest absolute Gasteiger partial charge is 0.271 e. The Morgan fingerprint density at radius 1 is 1.12 bits per heavy atom. The number of ether oxygens (including phenoxy) is 4. The monoisotopic (exact) mass is 286 g/mol. The van der Waals surface area contributed by atoms with Crippen LogP contribution < -0.4 is 9.47 Å². The van der Waals surface area contributed by atoms with Crippen molar-refractivity contribution in [2.45, 2.75) is 6.29 Å². The molecule has 0 bridgehead atoms. The van der Waals surface area contributed by atoms with Gasteiger partial charge in [0.1, 0.15) is 12.5 Å². The average molecular weight is 287 g/mol. The van der Waals surface area contributed by atoms with E-state index in [1.165, 1.54) is 12.5 Å². The molecule has 1 heterocycles. The van der Waals surface area contributed by atoms with E-state index in [1.54, 1.807) is 14.2 Å². The summed E-state index contributed by atoms with van der Waals surface area (Å²) in [5.74, 6) is 1.24. The molecule has 86 valence electrons. The zero-order chi connectivity index (χ0) is 11.5. The van der Waals surface area contributed by atoms with Crippen LogP contribution in [0.2, 0.25) is 0 Å². The van der Waals surface area contributed by atoms with Gasteiger partial charge in [-0.2, -0.15) is 0 Å². The standard InChI is InChI=1S/C11H11BrO4/c1-13-8-4-3-7(12)9(10(8)14-2)11-15-5-6-16-11/h3-6,11H,1-2H3. The lowest BCUT2D eigenvalue weighted by atomic mass is 10.1. The molecule has 16 heavy (non-hydrogen) atoms. The summed E-state index contributed by atoms with van der Waals surface area (Å²) in [6, 6.07) is 3.68. The summed E-state index contributed by atoms with van der Waals surface area (Å²) in [5, 5.41) is 0. The molecule has 1 aromatic carbocycles. The van der Waals surface area contributed by atoms with E-state index in [4.69, 9.17) is 18.9 Å². The van der Waals surface area contributed by atoms with Crippen LogP contribution in [0.25, 0.3) is 0 Å². The number of methoxy groups -OCH3 is 2. The molecule has 0 unspecified atom stereocenters. The van der Waals surface area contributed by atoms with Crippen molar-refractivity contribution < 1.29 is 18.9 Å². The average Bonchev–Trinajstić information content (AvgIpc) is 2.81. The van der Waals surface area contributed by atoms with Gasteiger partial charge in [0.15, 0.2) is 11.5 Å². The molecule has 0 aromatic heterocycles. The fourth-order valence-electron chi connectivity index (χ4n) is 1.52. The highest BCUT2D eigenvalue weighted by Crippen LogP contribution is 2.42. The van der Waals surface area contributed by atoms with Crippen molar-refractivity contribution in [2.24, 2.45) is 0 Å². The molecule has 0 spiro atoms. The highest BCUT2D eigenvalue weighted by molar-refractivity contribution is 9.10. The minimum absolute atomic E-state index is 0.501. The molecule has 4 nitrogen and oxygen atoms in total. The summed E-state index contributed by atoms with van der Waals surface area (Å²) in [6.45, 7) is 0. The van der Waals surface area contributed by atoms with Crippen LogP contribution in [0.15, 0.2) is 29.1 Å². The van der Waals surface area contributed by atoms with E-state index in [0.29, 0.717) is 11.5 Å². The largest absolute Gasteiger partial charge is 0.493 e. The molecular formula is C11H11BrO4. The SMILES string of the molecule is COc1ccc(Br)c(C2OC=CO2)c1OC. The molecule has 2 rings (SSSR count). The van der Waals surface area contributed by atoms with Gasteiger partial charge in [0.05, 0.1) is 19.8 Å². The molecule has 1 aliphatic rings. The molecule has 1 aliphatic heterocycles. The Bertz CT molecular complexity index is 409. The van der Waals surface area contributed by atoms with Crippen LogP contribution in [-0.4, -0.2) is 14.2 Å². The second kappa shape index (κ2) is 4.65. The predicted molar refractivity (Wildman–Crippen MR) is 61.3 cm³/mol. The van der Waals surface area contributed by atoms with Crippen molar-refractivity contribution in [2.75, 3.05) is 14.2 Å². The summed E-state index contributed by atoms with van der Waals surface area (Å²) in [6.07, 6.45) is 2.49. The van der Waals surface area contributed by atoms with Crippen LogP contribution in [0.3, 0.4) is 0 Å². The van der Waals surface area contributed by atoms with Gasteiger partial charge in [0.2, 0.25) is 0 Å². The molecule has 0 aliphatic carbocycles. The highest BCUT2D eigenvalue weighted by Gasteiger charge is 2.25. The minimum atomic E-state index is -0.501. The third-order valence-corrected chi connectivity index (χ3v) is 2.92. The van der Waals surface area contributed by atoms with Gasteiger partial charge in [-0.15, -0.1) is 0 Å². The molecule has 0 atom stereocenters. The molecule has 0 fully saturated rings. The highest BCUT2D eigenvalue weighted by atomic mass is 79.9. The van der Waals surface area contributed by atoms with E-state index >= 15 is 0 Å². The van der Waals surface area contributed by atoms with Crippen molar-refractivity contribution >= 4 is 15.9 Å². The molecule has 0 amide bonds. The lowest BCUT2D eigenvalue weighted by Gasteiger charge is -2.18. The van der Waals surface area contributed by atoms with Crippen LogP contribution >= 0.6 is 15.9 Å². The Hall–Kier alpha value is -1.36. The van der Waals surface area contributed by atoms with Gasteiger partial charge in [-0.3, -0.25) is 0 Å². The molecular weight excluding hydrogens is 276 g/mol. The Labute approximate surface area is 102 Å². The summed E-state index contributed by atoms with van der Waals surface area (Å²) in [7, 11) is 3.17. The molecule has 0 saturated carbocycles. The van der Waals surface area contributed by atoms with Gasteiger partial charge in [-0.1, -0.05) is 15.9 Å². The first kappa shape index (κ1) is 11.1. The first-order valence-electron chi connectivity index (χ1n) is 4.64. The van der Waals surface area contributed by atoms with E-state index in [9.17, 15) is 0 Å². The van der Waals surface area contributed by atoms with Crippen LogP contribution in [-0.2, 0) is 9.47 Å². The Balaban J connectivity index is 2.47. The molecule has 0 radical (unpaired) electrons. The maximum absolute atomic E-state index is 5.32. The number of rotatable bonds is 3. The minimum Gasteiger partial charge on any atom is -0.493 e. The normalized spacial score (nSPS) is 14.4. The lowest BCUT2D eigenvalue weighted by molar-refractivity contribution is -0.0268. The number of halogens is 1. The van der Waals surface area contributed by atoms with E-state index in [-0.39, 0.29) is 0 Å². The van der Waals surface area contributed by atoms with Crippen LogP contribution in [0.1, 0.15) is 11.9 Å². The fraction of sp³-hybridized carbons (Fsp3) is 0.273. The summed E-state index contributed by atoms with van der Waals surface area (Å²) in [4.78, 5) is 0. The predicted octanol–water partition coefficient (Wildman–Crippen LogP) is 2.98. The van der Waals surface area contributed by atoms with E-state index in [0.717, 1.165) is 10.0 Å². The van der Waals surface area contributed by atoms with Crippen molar-refractivity contribution in [1.29, 1.82) is 0 Å². The first-order chi connectivity index (χ1) is 7.77. The number of benzene rings is 1. The first-order valence-corrected chi connectivity index (χ1v) is 5.43. The maximum Gasteiger partial charge on any atom is 0.271 e. The summed E-state index contributed by atoms with van der Waals surface area (Å²) in [5.41, 5.74) is 0.770. The quantitative estimate of drug-likeness (QED) is 0.856. The van der Waals surface area contributed by atoms with Crippen molar-refractivity contribution in [1.82, 2.24) is 0 Å². The van der Waals surface area contributed by atoms with Gasteiger partial charge in [0.25, 0.3) is 6.29 Å². The topological polar surface area (TPSA) is 36.9 Å². The molecule has 0 N–H and O–H groups in total. The van der Waals surface area contributed by atoms with E-state index < -0.39 is 6.29 Å². The van der Waals surface area contributed by atoms with E-state index in [1.807, 2.05) is 12.1 Å². The summed E-state index contributed by atoms with van der Waals surface area (Å²) >= 11 is 3.44. The zero-order valence-electron chi connectivity index (χ0n) is 8.90. The van der Waals surface area contributed by atoms with Gasteiger partial charge >= 0.3 is 0 Å². The van der Waals surface area contributed by atoms with Gasteiger partial charge < -0.3 is 18.9 Å². The molecule has 5 heteroatoms. The van der Waals surface area contributed by atoms with Crippen LogP contribution in [0.5, 0.6) is 11.5 Å². The Morgan fingerprint density at radius 3 is 2.38 bits per heavy atom. The van der Waals surface area contributed by atoms with Crippen molar-refractivity contribution in [3.63, 3.8) is 0 Å².